The van der Waals surface area contributed by atoms with E-state index in [-0.39, 0.29) is 5.91 Å². The SMILES string of the molecule is NCc1cccc(C(=O)N2CC[N]CC2)c1. The number of carbonyl (C=O) groups excluding carboxylic acids is 1. The van der Waals surface area contributed by atoms with Crippen LogP contribution in [0, 0.1) is 0 Å². The smallest absolute Gasteiger partial charge is 0.253 e. The van der Waals surface area contributed by atoms with Crippen molar-refractivity contribution in [3.63, 3.8) is 0 Å². The molecule has 0 atom stereocenters. The highest BCUT2D eigenvalue weighted by molar-refractivity contribution is 5.94. The van der Waals surface area contributed by atoms with Crippen LogP contribution in [0.1, 0.15) is 15.9 Å². The molecule has 0 bridgehead atoms. The summed E-state index contributed by atoms with van der Waals surface area (Å²) in [7, 11) is 0. The molecular weight excluding hydrogens is 202 g/mol. The molecule has 2 N–H and O–H groups in total. The summed E-state index contributed by atoms with van der Waals surface area (Å²) in [4.78, 5) is 14.0. The molecule has 0 saturated carbocycles. The highest BCUT2D eigenvalue weighted by Gasteiger charge is 2.18. The third-order valence-corrected chi connectivity index (χ3v) is 2.75. The van der Waals surface area contributed by atoms with Crippen LogP contribution in [0.25, 0.3) is 0 Å². The molecule has 1 heterocycles. The number of nitrogens with zero attached hydrogens (tertiary/aromatic N) is 2. The van der Waals surface area contributed by atoms with Gasteiger partial charge in [-0.3, -0.25) is 4.79 Å². The van der Waals surface area contributed by atoms with Crippen molar-refractivity contribution in [2.75, 3.05) is 26.2 Å². The van der Waals surface area contributed by atoms with Crippen molar-refractivity contribution >= 4 is 5.91 Å². The van der Waals surface area contributed by atoms with Gasteiger partial charge in [-0.1, -0.05) is 12.1 Å². The van der Waals surface area contributed by atoms with Crippen LogP contribution in [0.2, 0.25) is 0 Å². The molecule has 16 heavy (non-hydrogen) atoms. The lowest BCUT2D eigenvalue weighted by Gasteiger charge is -2.26. The van der Waals surface area contributed by atoms with Crippen molar-refractivity contribution in [3.8, 4) is 0 Å². The summed E-state index contributed by atoms with van der Waals surface area (Å²) in [5, 5.41) is 4.22. The Morgan fingerprint density at radius 2 is 2.12 bits per heavy atom. The molecule has 1 fully saturated rings. The van der Waals surface area contributed by atoms with Crippen LogP contribution < -0.4 is 11.1 Å². The second kappa shape index (κ2) is 5.09. The van der Waals surface area contributed by atoms with E-state index in [9.17, 15) is 4.79 Å². The fraction of sp³-hybridized carbons (Fsp3) is 0.417. The van der Waals surface area contributed by atoms with Gasteiger partial charge in [0, 0.05) is 38.3 Å². The topological polar surface area (TPSA) is 60.4 Å². The Kier molecular flexibility index (Phi) is 3.54. The number of carbonyl (C=O) groups is 1. The van der Waals surface area contributed by atoms with Gasteiger partial charge in [-0.15, -0.1) is 0 Å². The van der Waals surface area contributed by atoms with E-state index in [1.54, 1.807) is 0 Å². The highest BCUT2D eigenvalue weighted by Crippen LogP contribution is 2.09. The highest BCUT2D eigenvalue weighted by atomic mass is 16.2. The first kappa shape index (κ1) is 11.1. The van der Waals surface area contributed by atoms with E-state index < -0.39 is 0 Å². The Morgan fingerprint density at radius 3 is 2.81 bits per heavy atom. The molecule has 4 nitrogen and oxygen atoms in total. The summed E-state index contributed by atoms with van der Waals surface area (Å²) in [5.74, 6) is 0.0881. The van der Waals surface area contributed by atoms with Gasteiger partial charge in [0.15, 0.2) is 0 Å². The third kappa shape index (κ3) is 2.40. The van der Waals surface area contributed by atoms with Crippen molar-refractivity contribution < 1.29 is 4.79 Å². The molecule has 1 saturated heterocycles. The Hall–Kier alpha value is -1.39. The van der Waals surface area contributed by atoms with Gasteiger partial charge in [0.05, 0.1) is 0 Å². The molecule has 1 aliphatic rings. The van der Waals surface area contributed by atoms with Crippen LogP contribution in [0.3, 0.4) is 0 Å². The maximum absolute atomic E-state index is 12.1. The van der Waals surface area contributed by atoms with Gasteiger partial charge in [0.2, 0.25) is 0 Å². The zero-order chi connectivity index (χ0) is 11.4. The molecule has 1 aromatic rings. The molecule has 1 amide bonds. The lowest BCUT2D eigenvalue weighted by Crippen LogP contribution is -2.43. The van der Waals surface area contributed by atoms with Crippen LogP contribution in [-0.4, -0.2) is 37.0 Å². The zero-order valence-corrected chi connectivity index (χ0v) is 9.22. The van der Waals surface area contributed by atoms with E-state index in [1.807, 2.05) is 29.2 Å². The Bertz CT molecular complexity index is 372. The van der Waals surface area contributed by atoms with Crippen LogP contribution in [0.4, 0.5) is 0 Å². The van der Waals surface area contributed by atoms with Crippen LogP contribution in [-0.2, 0) is 6.54 Å². The summed E-state index contributed by atoms with van der Waals surface area (Å²) >= 11 is 0. The standard InChI is InChI=1S/C12H16N3O/c13-9-10-2-1-3-11(8-10)12(16)15-6-4-14-5-7-15/h1-3,8H,4-7,9,13H2. The average Bonchev–Trinajstić information content (AvgIpc) is 2.39. The van der Waals surface area contributed by atoms with Gasteiger partial charge in [-0.05, 0) is 17.7 Å². The predicted molar refractivity (Wildman–Crippen MR) is 62.1 cm³/mol. The first-order valence-electron chi connectivity index (χ1n) is 5.53. The molecule has 0 spiro atoms. The van der Waals surface area contributed by atoms with E-state index in [4.69, 9.17) is 5.73 Å². The Morgan fingerprint density at radius 1 is 1.38 bits per heavy atom. The molecule has 85 valence electrons. The van der Waals surface area contributed by atoms with Crippen LogP contribution in [0.15, 0.2) is 24.3 Å². The minimum atomic E-state index is 0.0881. The molecular formula is C12H16N3O. The van der Waals surface area contributed by atoms with Crippen molar-refractivity contribution in [2.45, 2.75) is 6.54 Å². The van der Waals surface area contributed by atoms with E-state index in [2.05, 4.69) is 5.32 Å². The van der Waals surface area contributed by atoms with E-state index in [0.717, 1.165) is 37.3 Å². The number of nitrogens with two attached hydrogens (primary N) is 1. The zero-order valence-electron chi connectivity index (χ0n) is 9.22. The molecule has 4 heteroatoms. The third-order valence-electron chi connectivity index (χ3n) is 2.75. The lowest BCUT2D eigenvalue weighted by molar-refractivity contribution is 0.0734. The van der Waals surface area contributed by atoms with Crippen LogP contribution >= 0.6 is 0 Å². The molecule has 1 aromatic carbocycles. The monoisotopic (exact) mass is 218 g/mol. The minimum Gasteiger partial charge on any atom is -0.336 e. The van der Waals surface area contributed by atoms with Crippen molar-refractivity contribution in [3.05, 3.63) is 35.4 Å². The Labute approximate surface area is 95.4 Å². The maximum atomic E-state index is 12.1. The number of hydrogen-bond donors (Lipinski definition) is 1. The second-order valence-electron chi connectivity index (χ2n) is 3.87. The Balaban J connectivity index is 2.12. The molecule has 1 radical (unpaired) electrons. The van der Waals surface area contributed by atoms with E-state index in [1.165, 1.54) is 0 Å². The molecule has 1 aliphatic heterocycles. The van der Waals surface area contributed by atoms with Gasteiger partial charge in [-0.2, -0.15) is 0 Å². The van der Waals surface area contributed by atoms with Gasteiger partial charge >= 0.3 is 0 Å². The van der Waals surface area contributed by atoms with Crippen molar-refractivity contribution in [1.82, 2.24) is 10.2 Å². The van der Waals surface area contributed by atoms with Gasteiger partial charge < -0.3 is 10.6 Å². The van der Waals surface area contributed by atoms with Crippen molar-refractivity contribution in [2.24, 2.45) is 5.73 Å². The summed E-state index contributed by atoms with van der Waals surface area (Å²) in [6, 6.07) is 7.52. The maximum Gasteiger partial charge on any atom is 0.253 e. The minimum absolute atomic E-state index is 0.0881. The lowest BCUT2D eigenvalue weighted by atomic mass is 10.1. The van der Waals surface area contributed by atoms with E-state index in [0.29, 0.717) is 6.54 Å². The molecule has 0 aromatic heterocycles. The number of rotatable bonds is 2. The number of amides is 1. The first-order chi connectivity index (χ1) is 7.81. The first-order valence-corrected chi connectivity index (χ1v) is 5.53. The fourth-order valence-corrected chi connectivity index (χ4v) is 1.82. The summed E-state index contributed by atoms with van der Waals surface area (Å²) < 4.78 is 0. The molecule has 0 unspecified atom stereocenters. The summed E-state index contributed by atoms with van der Waals surface area (Å²) in [5.41, 5.74) is 7.28. The number of benzene rings is 1. The summed E-state index contributed by atoms with van der Waals surface area (Å²) in [6.07, 6.45) is 0. The largest absolute Gasteiger partial charge is 0.336 e. The van der Waals surface area contributed by atoms with Gasteiger partial charge in [0.1, 0.15) is 0 Å². The predicted octanol–water partition coefficient (Wildman–Crippen LogP) is 0.206. The van der Waals surface area contributed by atoms with Crippen LogP contribution in [0.5, 0.6) is 0 Å². The van der Waals surface area contributed by atoms with E-state index >= 15 is 0 Å². The molecule has 2 rings (SSSR count). The van der Waals surface area contributed by atoms with Gasteiger partial charge in [0.25, 0.3) is 5.91 Å². The van der Waals surface area contributed by atoms with Gasteiger partial charge in [-0.25, -0.2) is 5.32 Å². The fourth-order valence-electron chi connectivity index (χ4n) is 1.82. The average molecular weight is 218 g/mol. The quantitative estimate of drug-likeness (QED) is 0.771. The molecule has 0 aliphatic carbocycles. The van der Waals surface area contributed by atoms with Crippen molar-refractivity contribution in [1.29, 1.82) is 0 Å². The number of piperazine rings is 1. The number of hydrogen-bond acceptors (Lipinski definition) is 2. The normalized spacial score (nSPS) is 16.2. The second-order valence-corrected chi connectivity index (χ2v) is 3.87. The summed E-state index contributed by atoms with van der Waals surface area (Å²) in [6.45, 7) is 3.43.